The third-order valence-electron chi connectivity index (χ3n) is 4.80. The van der Waals surface area contributed by atoms with Crippen LogP contribution in [0.5, 0.6) is 11.5 Å². The molecule has 0 aliphatic carbocycles. The normalized spacial score (nSPS) is 19.0. The highest BCUT2D eigenvalue weighted by Crippen LogP contribution is 2.50. The smallest absolute Gasteiger partial charge is 0.273 e. The van der Waals surface area contributed by atoms with Gasteiger partial charge in [0.05, 0.1) is 16.7 Å². The average Bonchev–Trinajstić information content (AvgIpc) is 2.55. The minimum Gasteiger partial charge on any atom is -0.507 e. The van der Waals surface area contributed by atoms with Crippen LogP contribution in [0.1, 0.15) is 31.4 Å². The third-order valence-corrected chi connectivity index (χ3v) is 4.80. The van der Waals surface area contributed by atoms with Gasteiger partial charge < -0.3 is 10.2 Å². The Bertz CT molecular complexity index is 933. The summed E-state index contributed by atoms with van der Waals surface area (Å²) in [6, 6.07) is 9.36. The minimum atomic E-state index is -0.655. The van der Waals surface area contributed by atoms with E-state index < -0.39 is 10.3 Å². The quantitative estimate of drug-likeness (QED) is 0.493. The zero-order valence-corrected chi connectivity index (χ0v) is 14.0. The maximum atomic E-state index is 11.2. The summed E-state index contributed by atoms with van der Waals surface area (Å²) < 4.78 is 0. The summed E-state index contributed by atoms with van der Waals surface area (Å²) in [5.74, 6) is -0.167. The fraction of sp³-hybridized carbons (Fsp3) is 0.211. The topological polar surface area (TPSA) is 96.0 Å². The molecule has 0 saturated heterocycles. The molecule has 0 saturated carbocycles. The number of hydrogen-bond acceptors (Lipinski definition) is 5. The summed E-state index contributed by atoms with van der Waals surface area (Å²) in [7, 11) is 0. The third kappa shape index (κ3) is 2.65. The minimum absolute atomic E-state index is 0.0927. The summed E-state index contributed by atoms with van der Waals surface area (Å²) in [6.45, 7) is 7.78. The number of rotatable bonds is 3. The van der Waals surface area contributed by atoms with Crippen LogP contribution in [0.2, 0.25) is 0 Å². The van der Waals surface area contributed by atoms with Gasteiger partial charge in [0.2, 0.25) is 0 Å². The van der Waals surface area contributed by atoms with Crippen LogP contribution in [0.4, 0.5) is 11.4 Å². The van der Waals surface area contributed by atoms with E-state index in [1.807, 2.05) is 13.8 Å². The van der Waals surface area contributed by atoms with Crippen molar-refractivity contribution in [3.05, 3.63) is 69.8 Å². The van der Waals surface area contributed by atoms with Crippen LogP contribution in [0, 0.1) is 10.1 Å². The lowest BCUT2D eigenvalue weighted by molar-refractivity contribution is -0.385. The second-order valence-electron chi connectivity index (χ2n) is 6.48. The van der Waals surface area contributed by atoms with E-state index >= 15 is 0 Å². The number of non-ortho nitro benzene ring substituents is 1. The molecule has 128 valence electrons. The lowest BCUT2D eigenvalue weighted by Crippen LogP contribution is -2.30. The van der Waals surface area contributed by atoms with Crippen LogP contribution in [-0.2, 0) is 5.41 Å². The van der Waals surface area contributed by atoms with Gasteiger partial charge in [-0.2, -0.15) is 0 Å². The van der Waals surface area contributed by atoms with Gasteiger partial charge >= 0.3 is 0 Å². The Morgan fingerprint density at radius 1 is 1.28 bits per heavy atom. The number of nitro groups is 1. The van der Waals surface area contributed by atoms with Crippen molar-refractivity contribution in [2.24, 2.45) is 4.99 Å². The fourth-order valence-corrected chi connectivity index (χ4v) is 3.11. The highest BCUT2D eigenvalue weighted by Gasteiger charge is 2.38. The largest absolute Gasteiger partial charge is 0.507 e. The van der Waals surface area contributed by atoms with Gasteiger partial charge in [0.25, 0.3) is 5.69 Å². The number of benzene rings is 2. The average molecular weight is 338 g/mol. The monoisotopic (exact) mass is 338 g/mol. The molecule has 6 nitrogen and oxygen atoms in total. The Labute approximate surface area is 144 Å². The summed E-state index contributed by atoms with van der Waals surface area (Å²) in [6.07, 6.45) is 0.410. The first-order valence-electron chi connectivity index (χ1n) is 7.78. The van der Waals surface area contributed by atoms with E-state index in [1.165, 1.54) is 6.07 Å². The Kier molecular flexibility index (Phi) is 3.83. The predicted molar refractivity (Wildman–Crippen MR) is 95.8 cm³/mol. The maximum Gasteiger partial charge on any atom is 0.273 e. The molecule has 0 aromatic heterocycles. The number of phenols is 2. The zero-order valence-electron chi connectivity index (χ0n) is 14.0. The summed E-state index contributed by atoms with van der Waals surface area (Å²) in [5.41, 5.74) is 1.95. The van der Waals surface area contributed by atoms with Gasteiger partial charge in [0.1, 0.15) is 17.2 Å². The highest BCUT2D eigenvalue weighted by atomic mass is 16.6. The van der Waals surface area contributed by atoms with Gasteiger partial charge in [-0.25, -0.2) is 4.99 Å². The Hall–Kier alpha value is -3.15. The molecule has 0 bridgehead atoms. The van der Waals surface area contributed by atoms with E-state index in [4.69, 9.17) is 0 Å². The second-order valence-corrected chi connectivity index (χ2v) is 6.48. The fourth-order valence-electron chi connectivity index (χ4n) is 3.11. The second kappa shape index (κ2) is 5.73. The molecule has 3 rings (SSSR count). The SMILES string of the molecule is C=C(C)[C@]1(C)CC(c2ccccc2O)=Nc2c(O)cc([N+](=O)[O-])cc21. The van der Waals surface area contributed by atoms with Gasteiger partial charge in [-0.05, 0) is 24.6 Å². The van der Waals surface area contributed by atoms with Gasteiger partial charge in [-0.1, -0.05) is 31.2 Å². The van der Waals surface area contributed by atoms with E-state index in [9.17, 15) is 20.3 Å². The van der Waals surface area contributed by atoms with Crippen molar-refractivity contribution < 1.29 is 15.1 Å². The number of phenolic OH excluding ortho intramolecular Hbond substituents is 2. The predicted octanol–water partition coefficient (Wildman–Crippen LogP) is 4.36. The van der Waals surface area contributed by atoms with Crippen LogP contribution in [0.25, 0.3) is 0 Å². The van der Waals surface area contributed by atoms with Gasteiger partial charge in [-0.15, -0.1) is 0 Å². The number of aliphatic imine (C=N–C) groups is 1. The molecule has 1 aliphatic heterocycles. The molecule has 1 atom stereocenters. The van der Waals surface area contributed by atoms with Crippen LogP contribution < -0.4 is 0 Å². The van der Waals surface area contributed by atoms with Crippen molar-refractivity contribution in [2.75, 3.05) is 0 Å². The van der Waals surface area contributed by atoms with Gasteiger partial charge in [-0.3, -0.25) is 10.1 Å². The van der Waals surface area contributed by atoms with Gasteiger partial charge in [0.15, 0.2) is 0 Å². The Balaban J connectivity index is 2.30. The maximum absolute atomic E-state index is 11.2. The molecule has 1 heterocycles. The summed E-state index contributed by atoms with van der Waals surface area (Å²) in [4.78, 5) is 15.1. The van der Waals surface area contributed by atoms with Crippen LogP contribution >= 0.6 is 0 Å². The number of para-hydroxylation sites is 1. The molecular formula is C19H18N2O4. The Morgan fingerprint density at radius 3 is 2.56 bits per heavy atom. The molecule has 0 radical (unpaired) electrons. The first-order valence-corrected chi connectivity index (χ1v) is 7.78. The molecule has 2 aromatic carbocycles. The molecular weight excluding hydrogens is 320 g/mol. The Morgan fingerprint density at radius 2 is 1.96 bits per heavy atom. The molecule has 0 amide bonds. The highest BCUT2D eigenvalue weighted by molar-refractivity contribution is 6.07. The number of hydrogen-bond donors (Lipinski definition) is 2. The molecule has 0 unspecified atom stereocenters. The van der Waals surface area contributed by atoms with E-state index in [0.29, 0.717) is 23.3 Å². The van der Waals surface area contributed by atoms with Crippen molar-refractivity contribution in [2.45, 2.75) is 25.7 Å². The van der Waals surface area contributed by atoms with Crippen molar-refractivity contribution >= 4 is 17.1 Å². The first-order chi connectivity index (χ1) is 11.7. The number of allylic oxidation sites excluding steroid dienone is 1. The number of aromatic hydroxyl groups is 2. The lowest BCUT2D eigenvalue weighted by atomic mass is 9.70. The van der Waals surface area contributed by atoms with Crippen molar-refractivity contribution in [1.29, 1.82) is 0 Å². The van der Waals surface area contributed by atoms with Crippen molar-refractivity contribution in [3.8, 4) is 11.5 Å². The van der Waals surface area contributed by atoms with E-state index in [1.54, 1.807) is 24.3 Å². The molecule has 1 aliphatic rings. The number of fused-ring (bicyclic) bond motifs is 1. The zero-order chi connectivity index (χ0) is 18.4. The molecule has 6 heteroatoms. The van der Waals surface area contributed by atoms with E-state index in [2.05, 4.69) is 11.6 Å². The molecule has 2 N–H and O–H groups in total. The number of nitrogens with zero attached hydrogens (tertiary/aromatic N) is 2. The van der Waals surface area contributed by atoms with E-state index in [0.717, 1.165) is 11.6 Å². The van der Waals surface area contributed by atoms with Crippen molar-refractivity contribution in [3.63, 3.8) is 0 Å². The van der Waals surface area contributed by atoms with Crippen LogP contribution in [0.3, 0.4) is 0 Å². The van der Waals surface area contributed by atoms with Crippen molar-refractivity contribution in [1.82, 2.24) is 0 Å². The molecule has 25 heavy (non-hydrogen) atoms. The summed E-state index contributed by atoms with van der Waals surface area (Å²) >= 11 is 0. The van der Waals surface area contributed by atoms with Crippen LogP contribution in [-0.4, -0.2) is 20.8 Å². The first kappa shape index (κ1) is 16.7. The van der Waals surface area contributed by atoms with Crippen LogP contribution in [0.15, 0.2) is 53.5 Å². The molecule has 0 spiro atoms. The summed E-state index contributed by atoms with van der Waals surface area (Å²) in [5, 5.41) is 31.6. The lowest BCUT2D eigenvalue weighted by Gasteiger charge is -2.36. The molecule has 2 aromatic rings. The number of nitro benzene ring substituents is 1. The van der Waals surface area contributed by atoms with E-state index in [-0.39, 0.29) is 22.9 Å². The standard InChI is InChI=1S/C19H18N2O4/c1-11(2)19(3)10-15(13-6-4-5-7-16(13)22)20-18-14(19)8-12(21(24)25)9-17(18)23/h4-9,22-23H,1,10H2,2-3H3/t19-/m0/s1. The van der Waals surface area contributed by atoms with Gasteiger partial charge in [0, 0.05) is 23.5 Å². The molecule has 0 fully saturated rings.